The summed E-state index contributed by atoms with van der Waals surface area (Å²) in [5, 5.41) is 8.30. The standard InChI is InChI=1S/C17H30ClN3/c1-2-6-15(9-11-18)13-19-14-16-10-12-21(20-16)17-7-4-3-5-8-17/h10,12,15,17,19H,2-9,11,13-14H2,1H3. The number of nitrogens with zero attached hydrogens (tertiary/aromatic N) is 2. The zero-order chi connectivity index (χ0) is 14.9. The van der Waals surface area contributed by atoms with Crippen LogP contribution in [0.15, 0.2) is 12.3 Å². The van der Waals surface area contributed by atoms with Crippen molar-refractivity contribution in [3.63, 3.8) is 0 Å². The summed E-state index contributed by atoms with van der Waals surface area (Å²) in [4.78, 5) is 0. The summed E-state index contributed by atoms with van der Waals surface area (Å²) in [6.07, 6.45) is 12.5. The van der Waals surface area contributed by atoms with Crippen LogP contribution >= 0.6 is 11.6 Å². The predicted molar refractivity (Wildman–Crippen MR) is 89.8 cm³/mol. The van der Waals surface area contributed by atoms with Gasteiger partial charge in [0.05, 0.1) is 11.7 Å². The van der Waals surface area contributed by atoms with E-state index in [2.05, 4.69) is 29.2 Å². The maximum atomic E-state index is 5.87. The molecule has 1 unspecified atom stereocenters. The minimum atomic E-state index is 0.636. The van der Waals surface area contributed by atoms with Crippen LogP contribution in [0.2, 0.25) is 0 Å². The van der Waals surface area contributed by atoms with Gasteiger partial charge in [-0.3, -0.25) is 4.68 Å². The van der Waals surface area contributed by atoms with E-state index < -0.39 is 0 Å². The second-order valence-corrected chi connectivity index (χ2v) is 6.72. The van der Waals surface area contributed by atoms with Crippen molar-refractivity contribution in [2.45, 2.75) is 70.9 Å². The fourth-order valence-electron chi connectivity index (χ4n) is 3.34. The molecule has 21 heavy (non-hydrogen) atoms. The molecule has 1 heterocycles. The molecule has 0 amide bonds. The molecule has 1 atom stereocenters. The summed E-state index contributed by atoms with van der Waals surface area (Å²) in [5.41, 5.74) is 1.17. The first kappa shape index (κ1) is 16.8. The SMILES string of the molecule is CCCC(CCCl)CNCc1ccn(C2CCCCC2)n1. The minimum absolute atomic E-state index is 0.636. The fourth-order valence-corrected chi connectivity index (χ4v) is 3.64. The van der Waals surface area contributed by atoms with E-state index in [1.54, 1.807) is 0 Å². The molecule has 0 radical (unpaired) electrons. The van der Waals surface area contributed by atoms with Crippen molar-refractivity contribution in [3.05, 3.63) is 18.0 Å². The lowest BCUT2D eigenvalue weighted by Gasteiger charge is -2.21. The number of hydrogen-bond donors (Lipinski definition) is 1. The minimum Gasteiger partial charge on any atom is -0.311 e. The van der Waals surface area contributed by atoms with Gasteiger partial charge in [0.25, 0.3) is 0 Å². The molecule has 0 spiro atoms. The van der Waals surface area contributed by atoms with Gasteiger partial charge in [-0.1, -0.05) is 32.6 Å². The van der Waals surface area contributed by atoms with Gasteiger partial charge in [0.15, 0.2) is 0 Å². The van der Waals surface area contributed by atoms with Gasteiger partial charge in [-0.25, -0.2) is 0 Å². The highest BCUT2D eigenvalue weighted by atomic mass is 35.5. The van der Waals surface area contributed by atoms with E-state index in [-0.39, 0.29) is 0 Å². The first-order valence-corrected chi connectivity index (χ1v) is 9.17. The van der Waals surface area contributed by atoms with E-state index in [1.165, 1.54) is 50.6 Å². The van der Waals surface area contributed by atoms with E-state index in [0.717, 1.165) is 25.4 Å². The Hall–Kier alpha value is -0.540. The van der Waals surface area contributed by atoms with Crippen molar-refractivity contribution in [2.24, 2.45) is 5.92 Å². The van der Waals surface area contributed by atoms with E-state index >= 15 is 0 Å². The Balaban J connectivity index is 1.74. The number of alkyl halides is 1. The molecule has 0 bridgehead atoms. The van der Waals surface area contributed by atoms with Crippen molar-refractivity contribution >= 4 is 11.6 Å². The van der Waals surface area contributed by atoms with Crippen LogP contribution < -0.4 is 5.32 Å². The maximum absolute atomic E-state index is 5.87. The Kier molecular flexibility index (Phi) is 7.59. The molecule has 120 valence electrons. The average Bonchev–Trinajstić information content (AvgIpc) is 2.97. The van der Waals surface area contributed by atoms with E-state index in [0.29, 0.717) is 12.0 Å². The smallest absolute Gasteiger partial charge is 0.0762 e. The second-order valence-electron chi connectivity index (χ2n) is 6.34. The highest BCUT2D eigenvalue weighted by molar-refractivity contribution is 6.17. The lowest BCUT2D eigenvalue weighted by atomic mass is 9.96. The summed E-state index contributed by atoms with van der Waals surface area (Å²) in [6.45, 7) is 4.17. The summed E-state index contributed by atoms with van der Waals surface area (Å²) in [7, 11) is 0. The lowest BCUT2D eigenvalue weighted by molar-refractivity contribution is 0.327. The number of aromatic nitrogens is 2. The zero-order valence-electron chi connectivity index (χ0n) is 13.4. The van der Waals surface area contributed by atoms with Gasteiger partial charge in [0.2, 0.25) is 0 Å². The molecular formula is C17H30ClN3. The monoisotopic (exact) mass is 311 g/mol. The molecule has 1 aliphatic rings. The zero-order valence-corrected chi connectivity index (χ0v) is 14.1. The molecule has 2 rings (SSSR count). The quantitative estimate of drug-likeness (QED) is 0.679. The Morgan fingerprint density at radius 1 is 1.33 bits per heavy atom. The van der Waals surface area contributed by atoms with Crippen molar-refractivity contribution in [1.29, 1.82) is 0 Å². The molecule has 4 heteroatoms. The number of nitrogens with one attached hydrogen (secondary N) is 1. The van der Waals surface area contributed by atoms with Crippen molar-refractivity contribution in [3.8, 4) is 0 Å². The van der Waals surface area contributed by atoms with Crippen LogP contribution in [0.4, 0.5) is 0 Å². The van der Waals surface area contributed by atoms with Gasteiger partial charge in [-0.2, -0.15) is 5.10 Å². The first-order chi connectivity index (χ1) is 10.3. The molecule has 1 aromatic heterocycles. The van der Waals surface area contributed by atoms with E-state index in [1.807, 2.05) is 0 Å². The number of hydrogen-bond acceptors (Lipinski definition) is 2. The first-order valence-electron chi connectivity index (χ1n) is 8.64. The molecule has 0 aromatic carbocycles. The van der Waals surface area contributed by atoms with Crippen LogP contribution in [0.25, 0.3) is 0 Å². The molecule has 1 saturated carbocycles. The maximum Gasteiger partial charge on any atom is 0.0762 e. The van der Waals surface area contributed by atoms with Crippen LogP contribution in [-0.2, 0) is 6.54 Å². The molecule has 1 aromatic rings. The third-order valence-electron chi connectivity index (χ3n) is 4.57. The van der Waals surface area contributed by atoms with Gasteiger partial charge >= 0.3 is 0 Å². The summed E-state index contributed by atoms with van der Waals surface area (Å²) in [5.74, 6) is 1.47. The molecule has 1 fully saturated rings. The van der Waals surface area contributed by atoms with Gasteiger partial charge in [0.1, 0.15) is 0 Å². The summed E-state index contributed by atoms with van der Waals surface area (Å²) >= 11 is 5.87. The Morgan fingerprint density at radius 3 is 2.86 bits per heavy atom. The highest BCUT2D eigenvalue weighted by Gasteiger charge is 2.16. The largest absolute Gasteiger partial charge is 0.311 e. The lowest BCUT2D eigenvalue weighted by Crippen LogP contribution is -2.23. The van der Waals surface area contributed by atoms with Gasteiger partial charge in [-0.15, -0.1) is 11.6 Å². The van der Waals surface area contributed by atoms with Crippen LogP contribution in [-0.4, -0.2) is 22.2 Å². The topological polar surface area (TPSA) is 29.9 Å². The van der Waals surface area contributed by atoms with Gasteiger partial charge < -0.3 is 5.32 Å². The Morgan fingerprint density at radius 2 is 2.14 bits per heavy atom. The molecular weight excluding hydrogens is 282 g/mol. The van der Waals surface area contributed by atoms with E-state index in [4.69, 9.17) is 16.7 Å². The van der Waals surface area contributed by atoms with Crippen molar-refractivity contribution < 1.29 is 0 Å². The molecule has 0 aliphatic heterocycles. The summed E-state index contributed by atoms with van der Waals surface area (Å²) < 4.78 is 2.19. The van der Waals surface area contributed by atoms with Crippen molar-refractivity contribution in [1.82, 2.24) is 15.1 Å². The predicted octanol–water partition coefficient (Wildman–Crippen LogP) is 4.52. The molecule has 1 aliphatic carbocycles. The number of rotatable bonds is 9. The van der Waals surface area contributed by atoms with Gasteiger partial charge in [0, 0.05) is 18.6 Å². The fraction of sp³-hybridized carbons (Fsp3) is 0.824. The van der Waals surface area contributed by atoms with Crippen LogP contribution in [0.1, 0.15) is 70.0 Å². The summed E-state index contributed by atoms with van der Waals surface area (Å²) in [6, 6.07) is 2.80. The highest BCUT2D eigenvalue weighted by Crippen LogP contribution is 2.27. The van der Waals surface area contributed by atoms with E-state index in [9.17, 15) is 0 Å². The third-order valence-corrected chi connectivity index (χ3v) is 4.78. The molecule has 0 saturated heterocycles. The normalized spacial score (nSPS) is 18.0. The molecule has 3 nitrogen and oxygen atoms in total. The number of halogens is 1. The average molecular weight is 312 g/mol. The Bertz CT molecular complexity index is 379. The Labute approximate surface area is 134 Å². The van der Waals surface area contributed by atoms with Crippen molar-refractivity contribution in [2.75, 3.05) is 12.4 Å². The second kappa shape index (κ2) is 9.47. The van der Waals surface area contributed by atoms with Gasteiger partial charge in [-0.05, 0) is 44.2 Å². The third kappa shape index (κ3) is 5.63. The molecule has 1 N–H and O–H groups in total. The van der Waals surface area contributed by atoms with Crippen LogP contribution in [0.5, 0.6) is 0 Å². The van der Waals surface area contributed by atoms with Crippen LogP contribution in [0.3, 0.4) is 0 Å². The van der Waals surface area contributed by atoms with Crippen LogP contribution in [0, 0.1) is 5.92 Å².